The largest absolute Gasteiger partial charge is 0.477 e. The van der Waals surface area contributed by atoms with E-state index in [9.17, 15) is 4.79 Å². The van der Waals surface area contributed by atoms with Crippen molar-refractivity contribution in [1.82, 2.24) is 0 Å². The van der Waals surface area contributed by atoms with Gasteiger partial charge < -0.3 is 5.11 Å². The summed E-state index contributed by atoms with van der Waals surface area (Å²) >= 11 is 7.49. The molecule has 1 aromatic rings. The fourth-order valence-corrected chi connectivity index (χ4v) is 2.92. The SMILES string of the molecule is O=C(O)c1sc(Br)cc1Br. The molecule has 0 aliphatic heterocycles. The normalized spacial score (nSPS) is 9.80. The van der Waals surface area contributed by atoms with Crippen LogP contribution in [-0.2, 0) is 0 Å². The molecule has 5 heteroatoms. The molecular formula is C5H2Br2O2S. The Morgan fingerprint density at radius 1 is 1.60 bits per heavy atom. The highest BCUT2D eigenvalue weighted by Gasteiger charge is 2.11. The highest BCUT2D eigenvalue weighted by atomic mass is 79.9. The van der Waals surface area contributed by atoms with Gasteiger partial charge >= 0.3 is 5.97 Å². The van der Waals surface area contributed by atoms with Gasteiger partial charge in [-0.05, 0) is 37.9 Å². The summed E-state index contributed by atoms with van der Waals surface area (Å²) in [5, 5.41) is 8.54. The van der Waals surface area contributed by atoms with Crippen LogP contribution in [0.1, 0.15) is 9.67 Å². The minimum absolute atomic E-state index is 0.326. The Bertz CT molecular complexity index is 269. The average molecular weight is 286 g/mol. The molecule has 1 heterocycles. The standard InChI is InChI=1S/C5H2Br2O2S/c6-2-1-3(7)10-4(2)5(8)9/h1H,(H,8,9). The third-order valence-electron chi connectivity index (χ3n) is 0.851. The van der Waals surface area contributed by atoms with Crippen molar-refractivity contribution in [2.45, 2.75) is 0 Å². The van der Waals surface area contributed by atoms with Crippen molar-refractivity contribution in [3.8, 4) is 0 Å². The molecule has 0 aliphatic carbocycles. The van der Waals surface area contributed by atoms with Crippen molar-refractivity contribution in [2.24, 2.45) is 0 Å². The Balaban J connectivity index is 3.15. The van der Waals surface area contributed by atoms with E-state index in [0.717, 1.165) is 3.79 Å². The Morgan fingerprint density at radius 3 is 2.40 bits per heavy atom. The van der Waals surface area contributed by atoms with E-state index in [1.807, 2.05) is 0 Å². The fraction of sp³-hybridized carbons (Fsp3) is 0. The van der Waals surface area contributed by atoms with Crippen LogP contribution in [-0.4, -0.2) is 11.1 Å². The molecule has 1 N–H and O–H groups in total. The molecule has 54 valence electrons. The molecule has 0 fully saturated rings. The van der Waals surface area contributed by atoms with Crippen molar-refractivity contribution in [3.63, 3.8) is 0 Å². The van der Waals surface area contributed by atoms with E-state index in [2.05, 4.69) is 31.9 Å². The van der Waals surface area contributed by atoms with Gasteiger partial charge in [0.2, 0.25) is 0 Å². The summed E-state index contributed by atoms with van der Waals surface area (Å²) in [5.74, 6) is -0.900. The van der Waals surface area contributed by atoms with Gasteiger partial charge in [0.1, 0.15) is 4.88 Å². The number of halogens is 2. The lowest BCUT2D eigenvalue weighted by atomic mass is 10.5. The Hall–Kier alpha value is 0.130. The molecule has 0 unspecified atom stereocenters. The third kappa shape index (κ3) is 1.59. The predicted molar refractivity (Wildman–Crippen MR) is 46.7 cm³/mol. The monoisotopic (exact) mass is 284 g/mol. The highest BCUT2D eigenvalue weighted by Crippen LogP contribution is 2.30. The molecule has 0 aromatic carbocycles. The van der Waals surface area contributed by atoms with Gasteiger partial charge in [-0.25, -0.2) is 4.79 Å². The number of thiophene rings is 1. The van der Waals surface area contributed by atoms with Gasteiger partial charge in [0, 0.05) is 4.47 Å². The zero-order valence-electron chi connectivity index (χ0n) is 4.60. The fourth-order valence-electron chi connectivity index (χ4n) is 0.487. The van der Waals surface area contributed by atoms with E-state index in [0.29, 0.717) is 9.35 Å². The van der Waals surface area contributed by atoms with Crippen LogP contribution in [0.3, 0.4) is 0 Å². The van der Waals surface area contributed by atoms with Crippen LogP contribution < -0.4 is 0 Å². The molecule has 0 radical (unpaired) electrons. The van der Waals surface area contributed by atoms with Crippen LogP contribution in [0.2, 0.25) is 0 Å². The summed E-state index contributed by atoms with van der Waals surface area (Å²) in [6.07, 6.45) is 0. The molecule has 0 spiro atoms. The lowest BCUT2D eigenvalue weighted by molar-refractivity contribution is 0.0701. The summed E-state index contributed by atoms with van der Waals surface area (Å²) in [6.45, 7) is 0. The van der Waals surface area contributed by atoms with E-state index >= 15 is 0 Å². The Morgan fingerprint density at radius 2 is 2.20 bits per heavy atom. The van der Waals surface area contributed by atoms with E-state index in [-0.39, 0.29) is 0 Å². The number of aromatic carboxylic acids is 1. The minimum atomic E-state index is -0.900. The molecule has 2 nitrogen and oxygen atoms in total. The Labute approximate surface area is 78.1 Å². The molecule has 1 aromatic heterocycles. The third-order valence-corrected chi connectivity index (χ3v) is 3.36. The smallest absolute Gasteiger partial charge is 0.347 e. The van der Waals surface area contributed by atoms with Gasteiger partial charge in [-0.2, -0.15) is 0 Å². The first-order valence-corrected chi connectivity index (χ1v) is 4.69. The quantitative estimate of drug-likeness (QED) is 0.861. The summed E-state index contributed by atoms with van der Waals surface area (Å²) in [5.41, 5.74) is 0. The van der Waals surface area contributed by atoms with Crippen LogP contribution in [0, 0.1) is 0 Å². The topological polar surface area (TPSA) is 37.3 Å². The molecule has 0 bridgehead atoms. The average Bonchev–Trinajstić information content (AvgIpc) is 2.10. The van der Waals surface area contributed by atoms with Crippen LogP contribution in [0.15, 0.2) is 14.3 Å². The maximum absolute atomic E-state index is 10.4. The Kier molecular flexibility index (Phi) is 2.49. The lowest BCUT2D eigenvalue weighted by Crippen LogP contribution is -1.91. The second kappa shape index (κ2) is 3.02. The molecular weight excluding hydrogens is 284 g/mol. The van der Waals surface area contributed by atoms with Crippen LogP contribution in [0.25, 0.3) is 0 Å². The second-order valence-corrected chi connectivity index (χ2v) is 4.82. The first-order chi connectivity index (χ1) is 4.61. The molecule has 0 saturated carbocycles. The van der Waals surface area contributed by atoms with Crippen LogP contribution in [0.5, 0.6) is 0 Å². The second-order valence-electron chi connectivity index (χ2n) is 1.53. The molecule has 0 aliphatic rings. The number of carboxylic acid groups (broad SMARTS) is 1. The van der Waals surface area contributed by atoms with E-state index in [4.69, 9.17) is 5.11 Å². The van der Waals surface area contributed by atoms with Crippen molar-refractivity contribution in [3.05, 3.63) is 19.2 Å². The van der Waals surface area contributed by atoms with Crippen molar-refractivity contribution in [2.75, 3.05) is 0 Å². The maximum Gasteiger partial charge on any atom is 0.347 e. The van der Waals surface area contributed by atoms with Gasteiger partial charge in [-0.3, -0.25) is 0 Å². The minimum Gasteiger partial charge on any atom is -0.477 e. The number of rotatable bonds is 1. The number of hydrogen-bond acceptors (Lipinski definition) is 2. The predicted octanol–water partition coefficient (Wildman–Crippen LogP) is 2.97. The number of carboxylic acids is 1. The van der Waals surface area contributed by atoms with Gasteiger partial charge in [0.15, 0.2) is 0 Å². The maximum atomic E-state index is 10.4. The highest BCUT2D eigenvalue weighted by molar-refractivity contribution is 9.11. The van der Waals surface area contributed by atoms with Crippen LogP contribution >= 0.6 is 43.2 Å². The van der Waals surface area contributed by atoms with Gasteiger partial charge in [0.05, 0.1) is 3.79 Å². The zero-order valence-corrected chi connectivity index (χ0v) is 8.59. The number of hydrogen-bond donors (Lipinski definition) is 1. The summed E-state index contributed by atoms with van der Waals surface area (Å²) in [6, 6.07) is 1.72. The molecule has 1 rings (SSSR count). The first-order valence-electron chi connectivity index (χ1n) is 2.29. The van der Waals surface area contributed by atoms with Gasteiger partial charge in [-0.15, -0.1) is 11.3 Å². The lowest BCUT2D eigenvalue weighted by Gasteiger charge is -1.84. The summed E-state index contributed by atoms with van der Waals surface area (Å²) < 4.78 is 1.44. The molecule has 0 saturated heterocycles. The van der Waals surface area contributed by atoms with E-state index < -0.39 is 5.97 Å². The molecule has 0 atom stereocenters. The number of carbonyl (C=O) groups is 1. The first kappa shape index (κ1) is 8.23. The van der Waals surface area contributed by atoms with E-state index in [1.165, 1.54) is 11.3 Å². The van der Waals surface area contributed by atoms with Crippen molar-refractivity contribution < 1.29 is 9.90 Å². The summed E-state index contributed by atoms with van der Waals surface area (Å²) in [7, 11) is 0. The summed E-state index contributed by atoms with van der Waals surface area (Å²) in [4.78, 5) is 10.7. The van der Waals surface area contributed by atoms with Crippen molar-refractivity contribution in [1.29, 1.82) is 0 Å². The molecule has 0 amide bonds. The zero-order chi connectivity index (χ0) is 7.72. The van der Waals surface area contributed by atoms with Crippen molar-refractivity contribution >= 4 is 49.2 Å². The van der Waals surface area contributed by atoms with Crippen LogP contribution in [0.4, 0.5) is 0 Å². The molecule has 10 heavy (non-hydrogen) atoms. The van der Waals surface area contributed by atoms with E-state index in [1.54, 1.807) is 6.07 Å². The van der Waals surface area contributed by atoms with Gasteiger partial charge in [-0.1, -0.05) is 0 Å². The van der Waals surface area contributed by atoms with Gasteiger partial charge in [0.25, 0.3) is 0 Å².